The Labute approximate surface area is 173 Å². The molecule has 0 saturated carbocycles. The molecule has 6 nitrogen and oxygen atoms in total. The van der Waals surface area contributed by atoms with E-state index < -0.39 is 10.0 Å². The zero-order valence-electron chi connectivity index (χ0n) is 17.3. The van der Waals surface area contributed by atoms with Crippen LogP contribution in [0, 0.1) is 13.8 Å². The third-order valence-corrected chi connectivity index (χ3v) is 7.57. The van der Waals surface area contributed by atoms with Gasteiger partial charge in [-0.1, -0.05) is 36.4 Å². The summed E-state index contributed by atoms with van der Waals surface area (Å²) in [5.74, 6) is 0.0519. The molecule has 2 aromatic carbocycles. The van der Waals surface area contributed by atoms with Gasteiger partial charge in [0.15, 0.2) is 6.54 Å². The van der Waals surface area contributed by atoms with Gasteiger partial charge in [-0.2, -0.15) is 4.31 Å². The van der Waals surface area contributed by atoms with Gasteiger partial charge in [0.2, 0.25) is 10.0 Å². The molecule has 0 spiro atoms. The summed E-state index contributed by atoms with van der Waals surface area (Å²) in [4.78, 5) is 14.7. The van der Waals surface area contributed by atoms with Crippen LogP contribution in [0.3, 0.4) is 0 Å². The molecule has 0 radical (unpaired) electrons. The van der Waals surface area contributed by atoms with E-state index in [1.54, 1.807) is 17.0 Å². The Kier molecular flexibility index (Phi) is 6.72. The smallest absolute Gasteiger partial charge is 0.277 e. The molecule has 0 bridgehead atoms. The molecule has 0 aliphatic carbocycles. The molecule has 1 atom stereocenters. The number of nitrogens with two attached hydrogens (primary N) is 1. The molecule has 156 valence electrons. The molecule has 0 unspecified atom stereocenters. The second-order valence-corrected chi connectivity index (χ2v) is 9.61. The fourth-order valence-electron chi connectivity index (χ4n) is 3.50. The van der Waals surface area contributed by atoms with Crippen LogP contribution in [-0.4, -0.2) is 56.3 Å². The van der Waals surface area contributed by atoms with Crippen molar-refractivity contribution in [3.63, 3.8) is 0 Å². The molecule has 1 amide bonds. The van der Waals surface area contributed by atoms with E-state index in [4.69, 9.17) is 0 Å². The quantitative estimate of drug-likeness (QED) is 0.775. The maximum Gasteiger partial charge on any atom is 0.277 e. The maximum atomic E-state index is 12.9. The monoisotopic (exact) mass is 416 g/mol. The normalized spacial score (nSPS) is 16.6. The molecule has 29 heavy (non-hydrogen) atoms. The zero-order valence-corrected chi connectivity index (χ0v) is 18.2. The van der Waals surface area contributed by atoms with Crippen molar-refractivity contribution >= 4 is 15.9 Å². The zero-order chi connectivity index (χ0) is 21.0. The van der Waals surface area contributed by atoms with E-state index in [-0.39, 0.29) is 11.9 Å². The summed E-state index contributed by atoms with van der Waals surface area (Å²) in [5, 5.41) is 2.02. The Hall–Kier alpha value is -2.22. The van der Waals surface area contributed by atoms with Crippen molar-refractivity contribution in [2.24, 2.45) is 0 Å². The molecule has 1 heterocycles. The van der Waals surface area contributed by atoms with Crippen LogP contribution in [0.4, 0.5) is 0 Å². The summed E-state index contributed by atoms with van der Waals surface area (Å²) in [6.45, 7) is 7.83. The minimum Gasteiger partial charge on any atom is -0.335 e. The molecule has 1 aliphatic rings. The number of benzene rings is 2. The number of hydrogen-bond donors (Lipinski definition) is 1. The minimum atomic E-state index is -3.52. The lowest BCUT2D eigenvalue weighted by atomic mass is 10.1. The number of aryl methyl sites for hydroxylation is 2. The summed E-state index contributed by atoms with van der Waals surface area (Å²) in [6, 6.07) is 15.5. The van der Waals surface area contributed by atoms with Gasteiger partial charge in [0.1, 0.15) is 6.04 Å². The highest BCUT2D eigenvalue weighted by molar-refractivity contribution is 7.89. The van der Waals surface area contributed by atoms with E-state index in [0.29, 0.717) is 37.6 Å². The molecule has 2 aromatic rings. The van der Waals surface area contributed by atoms with Crippen molar-refractivity contribution in [2.75, 3.05) is 32.7 Å². The average molecular weight is 417 g/mol. The van der Waals surface area contributed by atoms with Gasteiger partial charge in [-0.15, -0.1) is 0 Å². The lowest BCUT2D eigenvalue weighted by Crippen LogP contribution is -2.87. The Morgan fingerprint density at radius 1 is 1.00 bits per heavy atom. The van der Waals surface area contributed by atoms with Crippen molar-refractivity contribution in [2.45, 2.75) is 31.7 Å². The lowest BCUT2D eigenvalue weighted by Gasteiger charge is -2.33. The molecular weight excluding hydrogens is 386 g/mol. The molecular formula is C22H30N3O3S+. The first-order valence-corrected chi connectivity index (χ1v) is 11.5. The summed E-state index contributed by atoms with van der Waals surface area (Å²) in [6.07, 6.45) is 0. The van der Waals surface area contributed by atoms with Crippen molar-refractivity contribution in [1.29, 1.82) is 0 Å². The van der Waals surface area contributed by atoms with Crippen LogP contribution in [0.1, 0.15) is 29.7 Å². The average Bonchev–Trinajstić information content (AvgIpc) is 2.74. The van der Waals surface area contributed by atoms with Gasteiger partial charge in [-0.3, -0.25) is 4.79 Å². The first-order chi connectivity index (χ1) is 13.8. The number of carbonyl (C=O) groups is 1. The SMILES string of the molecule is Cc1ccc(S(=O)(=O)N2CCN(C(=O)C[NH2+][C@@H](C)c3ccccc3)CC2)cc1C. The van der Waals surface area contributed by atoms with Gasteiger partial charge in [-0.25, -0.2) is 8.42 Å². The fraction of sp³-hybridized carbons (Fsp3) is 0.409. The van der Waals surface area contributed by atoms with Crippen molar-refractivity contribution in [3.05, 3.63) is 65.2 Å². The van der Waals surface area contributed by atoms with Crippen LogP contribution in [-0.2, 0) is 14.8 Å². The van der Waals surface area contributed by atoms with E-state index in [0.717, 1.165) is 11.1 Å². The molecule has 0 aromatic heterocycles. The molecule has 7 heteroatoms. The third-order valence-electron chi connectivity index (χ3n) is 5.68. The predicted molar refractivity (Wildman–Crippen MR) is 113 cm³/mol. The Morgan fingerprint density at radius 3 is 2.28 bits per heavy atom. The summed E-state index contributed by atoms with van der Waals surface area (Å²) in [7, 11) is -3.52. The number of quaternary nitrogens is 1. The van der Waals surface area contributed by atoms with E-state index in [1.165, 1.54) is 9.87 Å². The van der Waals surface area contributed by atoms with Crippen LogP contribution >= 0.6 is 0 Å². The van der Waals surface area contributed by atoms with Gasteiger partial charge in [0, 0.05) is 31.7 Å². The van der Waals surface area contributed by atoms with Crippen molar-refractivity contribution in [1.82, 2.24) is 9.21 Å². The van der Waals surface area contributed by atoms with Gasteiger partial charge >= 0.3 is 0 Å². The number of piperazine rings is 1. The van der Waals surface area contributed by atoms with Crippen LogP contribution in [0.5, 0.6) is 0 Å². The third kappa shape index (κ3) is 5.04. The number of hydrogen-bond acceptors (Lipinski definition) is 3. The maximum absolute atomic E-state index is 12.9. The van der Waals surface area contributed by atoms with Crippen LogP contribution < -0.4 is 5.32 Å². The van der Waals surface area contributed by atoms with Gasteiger partial charge in [-0.05, 0) is 44.0 Å². The second kappa shape index (κ2) is 9.07. The summed E-state index contributed by atoms with van der Waals surface area (Å²) >= 11 is 0. The number of carbonyl (C=O) groups excluding carboxylic acids is 1. The molecule has 1 fully saturated rings. The van der Waals surface area contributed by atoms with Crippen molar-refractivity contribution in [3.8, 4) is 0 Å². The van der Waals surface area contributed by atoms with E-state index in [9.17, 15) is 13.2 Å². The number of sulfonamides is 1. The summed E-state index contributed by atoms with van der Waals surface area (Å²) < 4.78 is 27.3. The number of amides is 1. The molecule has 1 aliphatic heterocycles. The standard InChI is InChI=1S/C22H29N3O3S/c1-17-9-10-21(15-18(17)2)29(27,28)25-13-11-24(12-14-25)22(26)16-23-19(3)20-7-5-4-6-8-20/h4-10,15,19,23H,11-14,16H2,1-3H3/p+1/t19-/m0/s1. The highest BCUT2D eigenvalue weighted by Gasteiger charge is 2.30. The highest BCUT2D eigenvalue weighted by Crippen LogP contribution is 2.20. The Bertz CT molecular complexity index is 953. The van der Waals surface area contributed by atoms with Gasteiger partial charge < -0.3 is 10.2 Å². The summed E-state index contributed by atoms with van der Waals surface area (Å²) in [5.41, 5.74) is 3.22. The topological polar surface area (TPSA) is 74.3 Å². The van der Waals surface area contributed by atoms with Gasteiger partial charge in [0.25, 0.3) is 5.91 Å². The first kappa shape index (κ1) is 21.5. The van der Waals surface area contributed by atoms with Crippen LogP contribution in [0.15, 0.2) is 53.4 Å². The number of nitrogens with zero attached hydrogens (tertiary/aromatic N) is 2. The first-order valence-electron chi connectivity index (χ1n) is 10.0. The van der Waals surface area contributed by atoms with Crippen LogP contribution in [0.2, 0.25) is 0 Å². The fourth-order valence-corrected chi connectivity index (χ4v) is 5.01. The lowest BCUT2D eigenvalue weighted by molar-refractivity contribution is -0.683. The second-order valence-electron chi connectivity index (χ2n) is 7.67. The molecule has 3 rings (SSSR count). The molecule has 1 saturated heterocycles. The highest BCUT2D eigenvalue weighted by atomic mass is 32.2. The largest absolute Gasteiger partial charge is 0.335 e. The predicted octanol–water partition coefficient (Wildman–Crippen LogP) is 1.46. The number of rotatable bonds is 6. The Morgan fingerprint density at radius 2 is 1.66 bits per heavy atom. The minimum absolute atomic E-state index is 0.0519. The Balaban J connectivity index is 1.54. The molecule has 2 N–H and O–H groups in total. The van der Waals surface area contributed by atoms with E-state index in [2.05, 4.69) is 19.1 Å². The van der Waals surface area contributed by atoms with Crippen LogP contribution in [0.25, 0.3) is 0 Å². The van der Waals surface area contributed by atoms with E-state index >= 15 is 0 Å². The van der Waals surface area contributed by atoms with E-state index in [1.807, 2.05) is 43.4 Å². The van der Waals surface area contributed by atoms with Crippen molar-refractivity contribution < 1.29 is 18.5 Å². The van der Waals surface area contributed by atoms with Gasteiger partial charge in [0.05, 0.1) is 4.90 Å².